The van der Waals surface area contributed by atoms with Gasteiger partial charge in [0.2, 0.25) is 0 Å². The van der Waals surface area contributed by atoms with Crippen molar-refractivity contribution in [2.75, 3.05) is 6.61 Å². The van der Waals surface area contributed by atoms with Crippen LogP contribution in [0.5, 0.6) is 0 Å². The van der Waals surface area contributed by atoms with Crippen molar-refractivity contribution in [3.05, 3.63) is 0 Å². The Morgan fingerprint density at radius 1 is 1.19 bits per heavy atom. The summed E-state index contributed by atoms with van der Waals surface area (Å²) in [6, 6.07) is -0.234. The summed E-state index contributed by atoms with van der Waals surface area (Å²) in [4.78, 5) is 0. The normalized spacial score (nSPS) is 44.6. The van der Waals surface area contributed by atoms with Crippen molar-refractivity contribution in [2.45, 2.75) is 52.3 Å². The Morgan fingerprint density at radius 3 is 2.25 bits per heavy atom. The van der Waals surface area contributed by atoms with Gasteiger partial charge in [0.15, 0.2) is 0 Å². The predicted molar refractivity (Wildman–Crippen MR) is 65.4 cm³/mol. The fraction of sp³-hybridized carbons (Fsp3) is 1.00. The molecule has 5 atom stereocenters. The van der Waals surface area contributed by atoms with Crippen LogP contribution in [-0.2, 0) is 9.47 Å². The van der Waals surface area contributed by atoms with E-state index >= 15 is 0 Å². The van der Waals surface area contributed by atoms with Gasteiger partial charge >= 0.3 is 0 Å². The zero-order valence-electron chi connectivity index (χ0n) is 11.1. The van der Waals surface area contributed by atoms with Gasteiger partial charge in [-0.15, -0.1) is 0 Å². The van der Waals surface area contributed by atoms with Crippen molar-refractivity contribution in [1.82, 2.24) is 0 Å². The van der Waals surface area contributed by atoms with Gasteiger partial charge in [0.05, 0.1) is 18.3 Å². The third-order valence-electron chi connectivity index (χ3n) is 4.59. The van der Waals surface area contributed by atoms with Crippen molar-refractivity contribution in [3.8, 4) is 0 Å². The van der Waals surface area contributed by atoms with Crippen LogP contribution in [-0.4, -0.2) is 32.2 Å². The number of ether oxygens (including phenoxy) is 2. The van der Waals surface area contributed by atoms with Crippen LogP contribution in [0.2, 0.25) is 0 Å². The summed E-state index contributed by atoms with van der Waals surface area (Å²) < 4.78 is 12.0. The lowest BCUT2D eigenvalue weighted by Gasteiger charge is -2.40. The van der Waals surface area contributed by atoms with Crippen LogP contribution in [0.25, 0.3) is 0 Å². The van der Waals surface area contributed by atoms with Gasteiger partial charge in [-0.25, -0.2) is 0 Å². The highest BCUT2D eigenvalue weighted by Crippen LogP contribution is 2.52. The molecule has 0 saturated carbocycles. The van der Waals surface area contributed by atoms with E-state index in [2.05, 4.69) is 34.6 Å². The molecule has 0 aromatic carbocycles. The molecular weight excluding hydrogens is 199 g/mol. The van der Waals surface area contributed by atoms with Crippen LogP contribution in [0.1, 0.15) is 34.6 Å². The molecule has 0 spiro atoms. The Morgan fingerprint density at radius 2 is 1.81 bits per heavy atom. The van der Waals surface area contributed by atoms with Gasteiger partial charge in [-0.3, -0.25) is 0 Å². The minimum absolute atomic E-state index is 0.0983. The molecule has 16 heavy (non-hydrogen) atoms. The number of hydrogen-bond acceptors (Lipinski definition) is 2. The zero-order chi connectivity index (χ0) is 12.1. The predicted octanol–water partition coefficient (Wildman–Crippen LogP) is 2.21. The molecule has 0 aliphatic carbocycles. The molecule has 90 valence electrons. The van der Waals surface area contributed by atoms with E-state index in [-0.39, 0.29) is 17.7 Å². The average Bonchev–Trinajstić information content (AvgIpc) is 2.69. The lowest BCUT2D eigenvalue weighted by atomic mass is 9.69. The maximum Gasteiger partial charge on any atom is 0.112 e. The van der Waals surface area contributed by atoms with Gasteiger partial charge in [-0.2, -0.15) is 0 Å². The lowest BCUT2D eigenvalue weighted by molar-refractivity contribution is -0.146. The molecule has 0 aromatic rings. The summed E-state index contributed by atoms with van der Waals surface area (Å²) in [7, 11) is 6.02. The highest BCUT2D eigenvalue weighted by Gasteiger charge is 2.62. The van der Waals surface area contributed by atoms with Crippen molar-refractivity contribution in [2.24, 2.45) is 23.7 Å². The maximum atomic E-state index is 6.10. The molecule has 3 heteroatoms. The zero-order valence-corrected chi connectivity index (χ0v) is 11.1. The average molecular weight is 222 g/mol. The molecule has 2 aliphatic rings. The summed E-state index contributed by atoms with van der Waals surface area (Å²) in [6.07, 6.45) is 0.0983. The standard InChI is InChI=1S/C13H23BO2/c1-7(2)9(5)13-6-15-11(12(14)16-13)10(13)8(3)4/h7-12H,6H2,1-5H3/t9-,10+,11-,12+,13-/m0/s1. The summed E-state index contributed by atoms with van der Waals surface area (Å²) in [5.74, 6) is 2.08. The van der Waals surface area contributed by atoms with E-state index in [0.29, 0.717) is 30.3 Å². The smallest absolute Gasteiger partial charge is 0.112 e. The van der Waals surface area contributed by atoms with Gasteiger partial charge in [0.1, 0.15) is 7.85 Å². The summed E-state index contributed by atoms with van der Waals surface area (Å²) in [5.41, 5.74) is -0.146. The molecule has 2 rings (SSSR count). The Hall–Kier alpha value is -0.0151. The largest absolute Gasteiger partial charge is 0.376 e. The van der Waals surface area contributed by atoms with E-state index in [1.54, 1.807) is 0 Å². The number of rotatable bonds is 3. The van der Waals surface area contributed by atoms with E-state index in [0.717, 1.165) is 0 Å². The first-order valence-corrected chi connectivity index (χ1v) is 6.45. The molecule has 2 aliphatic heterocycles. The molecule has 2 nitrogen and oxygen atoms in total. The second-order valence-electron chi connectivity index (χ2n) is 6.12. The first-order valence-electron chi connectivity index (χ1n) is 6.45. The van der Waals surface area contributed by atoms with Crippen molar-refractivity contribution < 1.29 is 9.47 Å². The second kappa shape index (κ2) is 4.02. The van der Waals surface area contributed by atoms with Crippen LogP contribution in [0.3, 0.4) is 0 Å². The van der Waals surface area contributed by atoms with Gasteiger partial charge in [0, 0.05) is 11.9 Å². The Balaban J connectivity index is 2.31. The first kappa shape index (κ1) is 12.4. The molecule has 0 aromatic heterocycles. The minimum Gasteiger partial charge on any atom is -0.376 e. The fourth-order valence-electron chi connectivity index (χ4n) is 3.49. The van der Waals surface area contributed by atoms with Gasteiger partial charge in [0.25, 0.3) is 0 Å². The van der Waals surface area contributed by atoms with Crippen LogP contribution >= 0.6 is 0 Å². The maximum absolute atomic E-state index is 6.10. The minimum atomic E-state index is -0.234. The van der Waals surface area contributed by atoms with Crippen LogP contribution in [0.4, 0.5) is 0 Å². The highest BCUT2D eigenvalue weighted by molar-refractivity contribution is 6.11. The topological polar surface area (TPSA) is 18.5 Å². The second-order valence-corrected chi connectivity index (χ2v) is 6.12. The molecule has 2 saturated heterocycles. The quantitative estimate of drug-likeness (QED) is 0.681. The lowest BCUT2D eigenvalue weighted by Crippen LogP contribution is -2.47. The number of hydrogen-bond donors (Lipinski definition) is 0. The van der Waals surface area contributed by atoms with E-state index in [9.17, 15) is 0 Å². The van der Waals surface area contributed by atoms with E-state index in [4.69, 9.17) is 17.3 Å². The van der Waals surface area contributed by atoms with Gasteiger partial charge < -0.3 is 9.47 Å². The summed E-state index contributed by atoms with van der Waals surface area (Å²) in [6.45, 7) is 12.0. The van der Waals surface area contributed by atoms with Crippen molar-refractivity contribution in [1.29, 1.82) is 0 Å². The molecule has 2 bridgehead atoms. The van der Waals surface area contributed by atoms with Crippen LogP contribution < -0.4 is 0 Å². The van der Waals surface area contributed by atoms with E-state index < -0.39 is 0 Å². The molecule has 2 heterocycles. The van der Waals surface area contributed by atoms with Crippen molar-refractivity contribution in [3.63, 3.8) is 0 Å². The Labute approximate surface area is 100 Å². The SMILES string of the molecule is [B][C@@H]1O[C@]2([C@@H](C)C(C)C)CO[C@H]1[C@H]2C(C)C. The summed E-state index contributed by atoms with van der Waals surface area (Å²) in [5, 5.41) is 0. The fourth-order valence-corrected chi connectivity index (χ4v) is 3.49. The third kappa shape index (κ3) is 1.55. The van der Waals surface area contributed by atoms with E-state index in [1.165, 1.54) is 0 Å². The molecule has 0 amide bonds. The van der Waals surface area contributed by atoms with Gasteiger partial charge in [-0.1, -0.05) is 34.6 Å². The molecule has 0 unspecified atom stereocenters. The van der Waals surface area contributed by atoms with E-state index in [1.807, 2.05) is 0 Å². The molecule has 2 fully saturated rings. The Bertz CT molecular complexity index is 267. The monoisotopic (exact) mass is 222 g/mol. The summed E-state index contributed by atoms with van der Waals surface area (Å²) >= 11 is 0. The van der Waals surface area contributed by atoms with Crippen molar-refractivity contribution >= 4 is 7.85 Å². The molecular formula is C13H23BO2. The first-order chi connectivity index (χ1) is 7.40. The number of fused-ring (bicyclic) bond motifs is 2. The molecule has 2 radical (unpaired) electrons. The third-order valence-corrected chi connectivity index (χ3v) is 4.59. The van der Waals surface area contributed by atoms with Crippen LogP contribution in [0, 0.1) is 23.7 Å². The Kier molecular flexibility index (Phi) is 3.13. The highest BCUT2D eigenvalue weighted by atomic mass is 16.6. The van der Waals surface area contributed by atoms with Gasteiger partial charge in [-0.05, 0) is 17.8 Å². The van der Waals surface area contributed by atoms with Crippen LogP contribution in [0.15, 0.2) is 0 Å². The molecule has 0 N–H and O–H groups in total.